The molecule has 3 aliphatic heterocycles. The number of ether oxygens (including phenoxy) is 1. The molecule has 4 heterocycles. The third kappa shape index (κ3) is 29.1. The number of nitrogens with zero attached hydrogens (tertiary/aromatic N) is 5. The highest BCUT2D eigenvalue weighted by Crippen LogP contribution is 2.29. The van der Waals surface area contributed by atoms with Crippen LogP contribution in [-0.2, 0) is 115 Å². The van der Waals surface area contributed by atoms with Crippen molar-refractivity contribution in [2.24, 2.45) is 17.6 Å². The van der Waals surface area contributed by atoms with E-state index in [4.69, 9.17) is 10.5 Å². The lowest BCUT2D eigenvalue weighted by molar-refractivity contribution is -0.152. The first kappa shape index (κ1) is 106. The molecule has 740 valence electrons. The number of fused-ring (bicyclic) bond motifs is 3. The molecule has 10 rings (SSSR count). The largest absolute Gasteiger partial charge is 0.508 e. The van der Waals surface area contributed by atoms with E-state index < -0.39 is 266 Å². The Labute approximate surface area is 801 Å². The maximum atomic E-state index is 15.9. The molecule has 0 aliphatic carbocycles. The number of amides is 15. The zero-order valence-electron chi connectivity index (χ0n) is 78.3. The fraction of sp³-hybridized carbons (Fsp3) is 0.449. The molecule has 3 aliphatic rings. The number of carboxylic acid groups (broad SMARTS) is 1. The first-order valence-electron chi connectivity index (χ1n) is 45.7. The number of unbranched alkanes of at least 4 members (excludes halogenated alkanes) is 1. The van der Waals surface area contributed by atoms with Crippen LogP contribution in [-0.4, -0.2) is 295 Å². The average molecular weight is 1930 g/mol. The number of benzene rings is 6. The van der Waals surface area contributed by atoms with Gasteiger partial charge >= 0.3 is 5.97 Å². The van der Waals surface area contributed by atoms with Gasteiger partial charge < -0.3 is 108 Å². The number of hydrogen-bond donors (Lipinski definition) is 15. The smallest absolute Gasteiger partial charge is 0.305 e. The van der Waals surface area contributed by atoms with Crippen LogP contribution < -0.4 is 58.3 Å². The monoisotopic (exact) mass is 1930 g/mol. The summed E-state index contributed by atoms with van der Waals surface area (Å²) in [7, 11) is 5.19. The van der Waals surface area contributed by atoms with Crippen LogP contribution in [0.3, 0.4) is 0 Å². The second-order valence-corrected chi connectivity index (χ2v) is 36.8. The maximum Gasteiger partial charge on any atom is 0.305 e. The molecule has 0 bridgehead atoms. The number of primary amides is 1. The first-order valence-corrected chi connectivity index (χ1v) is 46.9. The number of aliphatic hydroxyl groups excluding tert-OH is 2. The molecular weight excluding hydrogens is 1810 g/mol. The summed E-state index contributed by atoms with van der Waals surface area (Å²) in [6.07, 6.45) is -4.98. The number of nitrogens with one attached hydrogen (secondary N) is 10. The topological polar surface area (TPSA) is 530 Å². The Morgan fingerprint density at radius 1 is 0.514 bits per heavy atom. The van der Waals surface area contributed by atoms with Crippen LogP contribution in [0.2, 0.25) is 0 Å². The molecule has 16 N–H and O–H groups in total. The lowest BCUT2D eigenvalue weighted by atomic mass is 9.98. The Morgan fingerprint density at radius 2 is 1.01 bits per heavy atom. The molecule has 37 nitrogen and oxygen atoms in total. The number of halogens is 2. The van der Waals surface area contributed by atoms with E-state index in [0.717, 1.165) is 42.7 Å². The predicted octanol–water partition coefficient (Wildman–Crippen LogP) is 1.91. The van der Waals surface area contributed by atoms with Gasteiger partial charge in [0.25, 0.3) is 0 Å². The molecular formula is C98H122F2N16O21S. The molecule has 0 spiro atoms. The van der Waals surface area contributed by atoms with Gasteiger partial charge in [-0.15, -0.1) is 11.8 Å². The molecule has 7 aromatic rings. The second kappa shape index (κ2) is 49.7. The van der Waals surface area contributed by atoms with Crippen molar-refractivity contribution in [2.75, 3.05) is 59.4 Å². The molecule has 1 aromatic heterocycles. The third-order valence-corrected chi connectivity index (χ3v) is 25.6. The van der Waals surface area contributed by atoms with Crippen molar-refractivity contribution in [3.05, 3.63) is 203 Å². The number of nitrogens with two attached hydrogens (primary N) is 1. The number of carboxylic acids is 1. The summed E-state index contributed by atoms with van der Waals surface area (Å²) in [5.74, 6) is -21.4. The Morgan fingerprint density at radius 3 is 1.59 bits per heavy atom. The number of thioether (sulfide) groups is 1. The molecule has 15 atom stereocenters. The van der Waals surface area contributed by atoms with Crippen molar-refractivity contribution < 1.29 is 111 Å². The Balaban J connectivity index is 1.07. The number of rotatable bonds is 24. The fourth-order valence-corrected chi connectivity index (χ4v) is 17.9. The van der Waals surface area contributed by atoms with Crippen molar-refractivity contribution in [2.45, 2.75) is 209 Å². The summed E-state index contributed by atoms with van der Waals surface area (Å²) >= 11 is 0.711. The molecule has 0 unspecified atom stereocenters. The second-order valence-electron chi connectivity index (χ2n) is 35.8. The Kier molecular flexibility index (Phi) is 38.3. The Hall–Kier alpha value is -13.9. The summed E-state index contributed by atoms with van der Waals surface area (Å²) in [5.41, 5.74) is 8.25. The maximum absolute atomic E-state index is 15.9. The number of aromatic amines is 1. The number of hydrogen-bond acceptors (Lipinski definition) is 21. The number of aliphatic carboxylic acids is 1. The van der Waals surface area contributed by atoms with E-state index in [9.17, 15) is 48.8 Å². The van der Waals surface area contributed by atoms with Crippen molar-refractivity contribution in [1.82, 2.24) is 77.3 Å². The molecule has 40 heteroatoms. The number of likely N-dealkylation sites (N-methyl/N-ethyl adjacent to an activating group) is 3. The van der Waals surface area contributed by atoms with Crippen LogP contribution in [0.1, 0.15) is 113 Å². The number of aromatic nitrogens is 1. The highest BCUT2D eigenvalue weighted by molar-refractivity contribution is 8.00. The van der Waals surface area contributed by atoms with Gasteiger partial charge in [0.2, 0.25) is 88.6 Å². The van der Waals surface area contributed by atoms with Crippen LogP contribution in [0.15, 0.2) is 158 Å². The minimum absolute atomic E-state index is 0.0268. The normalized spacial score (nSPS) is 24.2. The van der Waals surface area contributed by atoms with Gasteiger partial charge in [0.05, 0.1) is 38.0 Å². The van der Waals surface area contributed by atoms with E-state index >= 15 is 57.1 Å². The van der Waals surface area contributed by atoms with E-state index in [-0.39, 0.29) is 62.7 Å². The van der Waals surface area contributed by atoms with Crippen molar-refractivity contribution in [3.63, 3.8) is 0 Å². The minimum Gasteiger partial charge on any atom is -0.508 e. The van der Waals surface area contributed by atoms with Crippen LogP contribution in [0.25, 0.3) is 10.9 Å². The number of aliphatic hydroxyl groups is 2. The molecule has 3 saturated heterocycles. The van der Waals surface area contributed by atoms with Crippen molar-refractivity contribution in [1.29, 1.82) is 0 Å². The Bertz CT molecular complexity index is 5510. The number of aromatic hydroxyl groups is 1. The van der Waals surface area contributed by atoms with E-state index in [2.05, 4.69) is 52.8 Å². The van der Waals surface area contributed by atoms with E-state index in [0.29, 0.717) is 62.7 Å². The molecule has 3 fully saturated rings. The number of phenols is 1. The van der Waals surface area contributed by atoms with Crippen LogP contribution in [0.5, 0.6) is 11.5 Å². The molecule has 0 saturated carbocycles. The lowest BCUT2D eigenvalue weighted by Crippen LogP contribution is -2.62. The molecule has 0 radical (unpaired) electrons. The fourth-order valence-electron chi connectivity index (χ4n) is 17.1. The number of carbonyl (C=O) groups is 16. The van der Waals surface area contributed by atoms with Crippen LogP contribution in [0.4, 0.5) is 8.78 Å². The minimum atomic E-state index is -2.03. The lowest BCUT2D eigenvalue weighted by Gasteiger charge is -2.38. The standard InChI is InChI=1S/C98H122F2N16O21S/c1-10-11-26-77-97(135)116-51-64(119)46-80(116)93(131)108-73(47-84(122)123)90(128)111-85(55(4)5)98(136)113(7)78(42-56-20-14-12-15-21-56)91(129)109-75(40-59-29-34-65(137-9)35-30-59)95(133)115-50-63(118)45-79(115)92(130)107-72(44-61-48-102-69-25-19-18-24-66(61)69)89(127)106-71(39-58-27-32-62(117)33-28-58)88(126)105-70(37-54(2)3)87(125)110-76(86(124)103-49-82(101)120)52-138-53-83(121)104-74(41-60-31-36-67(99)68(100)38-60)94(132)114(8)81(96(134)112(77)6)43-57-22-16-13-17-23-57/h12-25,27-36,38,48,54-55,63-64,70-81,85,102,117-119H,10-11,26,37,39-47,49-53H2,1-9H3,(H2,101,120)(H,103,124)(H,104,121)(H,105,126)(H,106,127)(H,107,130)(H,108,131)(H,109,129)(H,110,125)(H,111,128)(H,122,123)/t63-,64-,70+,71-,72-,73-,74+,75-,76-,77-,78-,79+,80+,81-,85-/m0/s1. The van der Waals surface area contributed by atoms with Gasteiger partial charge in [0.15, 0.2) is 11.6 Å². The molecule has 15 amide bonds. The number of H-pyrrole nitrogens is 1. The zero-order valence-corrected chi connectivity index (χ0v) is 79.1. The van der Waals surface area contributed by atoms with Gasteiger partial charge in [-0.05, 0) is 101 Å². The molecule has 138 heavy (non-hydrogen) atoms. The van der Waals surface area contributed by atoms with Crippen molar-refractivity contribution in [3.8, 4) is 11.5 Å². The predicted molar refractivity (Wildman–Crippen MR) is 504 cm³/mol. The number of para-hydroxylation sites is 1. The molecule has 6 aromatic carbocycles. The average Bonchev–Trinajstić information content (AvgIpc) is 1.56. The van der Waals surface area contributed by atoms with Crippen LogP contribution >= 0.6 is 11.8 Å². The quantitative estimate of drug-likeness (QED) is 0.0411. The summed E-state index contributed by atoms with van der Waals surface area (Å²) < 4.78 is 35.3. The zero-order chi connectivity index (χ0) is 100. The van der Waals surface area contributed by atoms with Crippen LogP contribution in [0, 0.1) is 23.5 Å². The van der Waals surface area contributed by atoms with E-state index in [1.807, 2.05) is 0 Å². The summed E-state index contributed by atoms with van der Waals surface area (Å²) in [5, 5.41) is 68.4. The summed E-state index contributed by atoms with van der Waals surface area (Å²) in [6.45, 7) is 6.46. The number of methoxy groups -OCH3 is 1. The summed E-state index contributed by atoms with van der Waals surface area (Å²) in [6, 6.07) is 16.7. The number of phenolic OH excluding ortho intramolecular Hbond substituents is 1. The van der Waals surface area contributed by atoms with Gasteiger partial charge in [-0.1, -0.05) is 157 Å². The van der Waals surface area contributed by atoms with Gasteiger partial charge in [0.1, 0.15) is 90.0 Å². The highest BCUT2D eigenvalue weighted by Gasteiger charge is 2.48. The van der Waals surface area contributed by atoms with Gasteiger partial charge in [-0.25, -0.2) is 8.78 Å². The first-order chi connectivity index (χ1) is 65.7. The number of carbonyl (C=O) groups excluding carboxylic acids is 15. The third-order valence-electron chi connectivity index (χ3n) is 24.6. The van der Waals surface area contributed by atoms with Gasteiger partial charge in [-0.3, -0.25) is 76.7 Å². The van der Waals surface area contributed by atoms with E-state index in [1.54, 1.807) is 136 Å². The van der Waals surface area contributed by atoms with E-state index in [1.165, 1.54) is 66.4 Å². The summed E-state index contributed by atoms with van der Waals surface area (Å²) in [4.78, 5) is 248. The SMILES string of the molecule is CCCC[C@H]1C(=O)N2C[C@@H](O)C[C@@H]2C(=O)N[C@@H](CC(=O)O)C(=O)N[C@@H](C(C)C)C(=O)N(C)[C@@H](Cc2ccccc2)C(=O)N[C@@H](Cc2ccc(OC)cc2)C(=O)N2C[C@@H](O)C[C@@H]2C(=O)N[C@@H](Cc2c[nH]c3ccccc23)C(=O)N[C@@H](Cc2ccc(O)cc2)C(=O)N[C@H](CC(C)C)C(=O)N[C@H](C(=O)NCC(N)=O)CSCC(=O)N[C@H](Cc2ccc(F)c(F)c2)C(=O)N(C)[C@@H](Cc2ccccc2)C(=O)N1C. The highest BCUT2D eigenvalue weighted by atomic mass is 32.2. The van der Waals surface area contributed by atoms with Gasteiger partial charge in [-0.2, -0.15) is 0 Å². The van der Waals surface area contributed by atoms with Crippen molar-refractivity contribution >= 4 is 117 Å². The van der Waals surface area contributed by atoms with Gasteiger partial charge in [0, 0.05) is 108 Å².